The predicted octanol–water partition coefficient (Wildman–Crippen LogP) is 2.35. The molecule has 1 aromatic carbocycles. The summed E-state index contributed by atoms with van der Waals surface area (Å²) in [6.45, 7) is 3.86. The van der Waals surface area contributed by atoms with Crippen LogP contribution in [0.3, 0.4) is 0 Å². The molecule has 0 bridgehead atoms. The van der Waals surface area contributed by atoms with Gasteiger partial charge in [0, 0.05) is 13.1 Å². The third-order valence-electron chi connectivity index (χ3n) is 4.28. The number of anilines is 1. The van der Waals surface area contributed by atoms with E-state index in [2.05, 4.69) is 21.9 Å². The minimum absolute atomic E-state index is 0.138. The fourth-order valence-corrected chi connectivity index (χ4v) is 2.79. The van der Waals surface area contributed by atoms with Crippen molar-refractivity contribution in [2.24, 2.45) is 5.92 Å². The van der Waals surface area contributed by atoms with Crippen LogP contribution >= 0.6 is 0 Å². The van der Waals surface area contributed by atoms with Gasteiger partial charge in [-0.05, 0) is 37.8 Å². The normalized spacial score (nSPS) is 14.3. The van der Waals surface area contributed by atoms with Crippen LogP contribution < -0.4 is 10.5 Å². The molecule has 0 saturated heterocycles. The van der Waals surface area contributed by atoms with Crippen LogP contribution in [-0.2, 0) is 0 Å². The minimum Gasteiger partial charge on any atom is -0.342 e. The van der Waals surface area contributed by atoms with E-state index in [0.717, 1.165) is 24.7 Å². The lowest BCUT2D eigenvalue weighted by atomic mass is 10.3. The molecular weight excluding hydrogens is 290 g/mol. The smallest absolute Gasteiger partial charge is 0.263 e. The predicted molar refractivity (Wildman–Crippen MR) is 90.1 cm³/mol. The molecule has 6 nitrogen and oxygen atoms in total. The van der Waals surface area contributed by atoms with Crippen LogP contribution in [0.1, 0.15) is 19.8 Å². The maximum absolute atomic E-state index is 12.4. The number of aromatic nitrogens is 4. The lowest BCUT2D eigenvalue weighted by Crippen LogP contribution is -2.29. The number of nitrogens with zero attached hydrogens (tertiary/aromatic N) is 4. The molecule has 1 saturated carbocycles. The largest absolute Gasteiger partial charge is 0.342 e. The fraction of sp³-hybridized carbons (Fsp3) is 0.353. The Morgan fingerprint density at radius 2 is 2.09 bits per heavy atom. The molecule has 4 rings (SSSR count). The van der Waals surface area contributed by atoms with Gasteiger partial charge in [-0.25, -0.2) is 4.68 Å². The first-order valence-electron chi connectivity index (χ1n) is 8.04. The molecule has 6 heteroatoms. The van der Waals surface area contributed by atoms with Crippen molar-refractivity contribution in [3.63, 3.8) is 0 Å². The number of nitrogens with one attached hydrogen (secondary N) is 1. The standard InChI is InChI=1S/C17H19N5O/c1-2-21(11-12-8-9-12)17-19-15-14(16(23)20-17)10-18-22(15)13-6-4-3-5-7-13/h3-7,10,12H,2,8-9,11H2,1H3,(H,19,20,23). The zero-order chi connectivity index (χ0) is 15.8. The van der Waals surface area contributed by atoms with E-state index in [9.17, 15) is 4.79 Å². The van der Waals surface area contributed by atoms with Gasteiger partial charge in [-0.15, -0.1) is 0 Å². The summed E-state index contributed by atoms with van der Waals surface area (Å²) in [6.07, 6.45) is 4.12. The van der Waals surface area contributed by atoms with Crippen molar-refractivity contribution in [1.29, 1.82) is 0 Å². The Bertz CT molecular complexity index is 879. The second-order valence-corrected chi connectivity index (χ2v) is 6.00. The van der Waals surface area contributed by atoms with Gasteiger partial charge in [0.25, 0.3) is 5.56 Å². The van der Waals surface area contributed by atoms with Gasteiger partial charge in [-0.3, -0.25) is 9.78 Å². The van der Waals surface area contributed by atoms with Crippen molar-refractivity contribution in [2.75, 3.05) is 18.0 Å². The highest BCUT2D eigenvalue weighted by molar-refractivity contribution is 5.76. The molecule has 1 fully saturated rings. The summed E-state index contributed by atoms with van der Waals surface area (Å²) < 4.78 is 1.72. The number of para-hydroxylation sites is 1. The van der Waals surface area contributed by atoms with E-state index < -0.39 is 0 Å². The maximum Gasteiger partial charge on any atom is 0.263 e. The number of rotatable bonds is 5. The van der Waals surface area contributed by atoms with Gasteiger partial charge < -0.3 is 4.90 Å². The summed E-state index contributed by atoms with van der Waals surface area (Å²) in [5, 5.41) is 4.86. The Morgan fingerprint density at radius 3 is 2.78 bits per heavy atom. The number of H-pyrrole nitrogens is 1. The maximum atomic E-state index is 12.4. The summed E-state index contributed by atoms with van der Waals surface area (Å²) in [4.78, 5) is 22.1. The van der Waals surface area contributed by atoms with Gasteiger partial charge in [0.05, 0.1) is 11.9 Å². The molecule has 0 spiro atoms. The van der Waals surface area contributed by atoms with Gasteiger partial charge in [0.2, 0.25) is 5.95 Å². The quantitative estimate of drug-likeness (QED) is 0.785. The van der Waals surface area contributed by atoms with Gasteiger partial charge in [-0.2, -0.15) is 10.1 Å². The van der Waals surface area contributed by atoms with E-state index in [-0.39, 0.29) is 5.56 Å². The lowest BCUT2D eigenvalue weighted by molar-refractivity contribution is 0.719. The summed E-state index contributed by atoms with van der Waals surface area (Å²) in [5.74, 6) is 1.37. The summed E-state index contributed by atoms with van der Waals surface area (Å²) in [5.41, 5.74) is 1.36. The average Bonchev–Trinajstić information content (AvgIpc) is 3.30. The number of fused-ring (bicyclic) bond motifs is 1. The van der Waals surface area contributed by atoms with Crippen molar-refractivity contribution in [3.8, 4) is 5.69 Å². The van der Waals surface area contributed by atoms with Crippen LogP contribution in [-0.4, -0.2) is 32.8 Å². The van der Waals surface area contributed by atoms with E-state index in [1.807, 2.05) is 30.3 Å². The van der Waals surface area contributed by atoms with Gasteiger partial charge >= 0.3 is 0 Å². The molecule has 23 heavy (non-hydrogen) atoms. The van der Waals surface area contributed by atoms with Crippen LogP contribution in [0.2, 0.25) is 0 Å². The zero-order valence-corrected chi connectivity index (χ0v) is 13.1. The molecule has 1 N–H and O–H groups in total. The van der Waals surface area contributed by atoms with E-state index in [4.69, 9.17) is 4.98 Å². The SMILES string of the molecule is CCN(CC1CC1)c1nc2c(cnn2-c2ccccc2)c(=O)[nH]1. The molecule has 0 amide bonds. The molecule has 1 aliphatic carbocycles. The number of aromatic amines is 1. The van der Waals surface area contributed by atoms with Gasteiger partial charge in [0.1, 0.15) is 5.39 Å². The Kier molecular flexibility index (Phi) is 3.37. The highest BCUT2D eigenvalue weighted by Crippen LogP contribution is 2.30. The van der Waals surface area contributed by atoms with Crippen molar-refractivity contribution in [3.05, 3.63) is 46.9 Å². The Hall–Kier alpha value is -2.63. The minimum atomic E-state index is -0.138. The fourth-order valence-electron chi connectivity index (χ4n) is 2.79. The summed E-state index contributed by atoms with van der Waals surface area (Å²) in [7, 11) is 0. The van der Waals surface area contributed by atoms with Crippen LogP contribution in [0.4, 0.5) is 5.95 Å². The first kappa shape index (κ1) is 14.0. The molecule has 118 valence electrons. The molecule has 0 aliphatic heterocycles. The number of hydrogen-bond donors (Lipinski definition) is 1. The van der Waals surface area contributed by atoms with Crippen LogP contribution in [0, 0.1) is 5.92 Å². The highest BCUT2D eigenvalue weighted by atomic mass is 16.1. The number of benzene rings is 1. The first-order valence-corrected chi connectivity index (χ1v) is 8.04. The Labute approximate surface area is 133 Å². The van der Waals surface area contributed by atoms with E-state index >= 15 is 0 Å². The van der Waals surface area contributed by atoms with Gasteiger partial charge in [0.15, 0.2) is 5.65 Å². The van der Waals surface area contributed by atoms with E-state index in [1.54, 1.807) is 10.9 Å². The molecule has 3 aromatic rings. The Morgan fingerprint density at radius 1 is 1.30 bits per heavy atom. The molecule has 1 aliphatic rings. The van der Waals surface area contributed by atoms with E-state index in [1.165, 1.54) is 12.8 Å². The topological polar surface area (TPSA) is 66.8 Å². The molecule has 0 unspecified atom stereocenters. The second-order valence-electron chi connectivity index (χ2n) is 6.00. The van der Waals surface area contributed by atoms with Gasteiger partial charge in [-0.1, -0.05) is 18.2 Å². The Balaban J connectivity index is 1.83. The number of hydrogen-bond acceptors (Lipinski definition) is 4. The molecule has 2 heterocycles. The van der Waals surface area contributed by atoms with Crippen molar-refractivity contribution in [2.45, 2.75) is 19.8 Å². The molecule has 0 radical (unpaired) electrons. The van der Waals surface area contributed by atoms with Crippen molar-refractivity contribution >= 4 is 17.0 Å². The third-order valence-corrected chi connectivity index (χ3v) is 4.28. The summed E-state index contributed by atoms with van der Waals surface area (Å²) in [6, 6.07) is 9.76. The van der Waals surface area contributed by atoms with Crippen LogP contribution in [0.5, 0.6) is 0 Å². The lowest BCUT2D eigenvalue weighted by Gasteiger charge is -2.21. The van der Waals surface area contributed by atoms with Crippen LogP contribution in [0.15, 0.2) is 41.3 Å². The van der Waals surface area contributed by atoms with Crippen molar-refractivity contribution < 1.29 is 0 Å². The second kappa shape index (κ2) is 5.53. The molecular formula is C17H19N5O. The van der Waals surface area contributed by atoms with E-state index in [0.29, 0.717) is 17.0 Å². The summed E-state index contributed by atoms with van der Waals surface area (Å²) >= 11 is 0. The highest BCUT2D eigenvalue weighted by Gasteiger charge is 2.25. The first-order chi connectivity index (χ1) is 11.3. The average molecular weight is 309 g/mol. The third kappa shape index (κ3) is 2.60. The monoisotopic (exact) mass is 309 g/mol. The zero-order valence-electron chi connectivity index (χ0n) is 13.1. The van der Waals surface area contributed by atoms with Crippen molar-refractivity contribution in [1.82, 2.24) is 19.7 Å². The molecule has 0 atom stereocenters. The van der Waals surface area contributed by atoms with Crippen LogP contribution in [0.25, 0.3) is 16.7 Å². The molecule has 2 aromatic heterocycles.